The van der Waals surface area contributed by atoms with Gasteiger partial charge in [-0.05, 0) is 69.1 Å². The summed E-state index contributed by atoms with van der Waals surface area (Å²) < 4.78 is 0. The Hall–Kier alpha value is -0.520. The van der Waals surface area contributed by atoms with Gasteiger partial charge in [-0.15, -0.1) is 0 Å². The first-order valence-electron chi connectivity index (χ1n) is 11.6. The Morgan fingerprint density at radius 1 is 0.760 bits per heavy atom. The SMILES string of the molecule is CC=CCCC1CCC(CCCCC2CCCCC2C=CCC)CC1. The molecule has 0 nitrogen and oxygen atoms in total. The maximum atomic E-state index is 2.55. The van der Waals surface area contributed by atoms with E-state index in [1.807, 2.05) is 0 Å². The van der Waals surface area contributed by atoms with Crippen molar-refractivity contribution < 1.29 is 0 Å². The minimum atomic E-state index is 0.904. The Morgan fingerprint density at radius 2 is 1.44 bits per heavy atom. The summed E-state index contributed by atoms with van der Waals surface area (Å²) in [6.45, 7) is 4.41. The van der Waals surface area contributed by atoms with Gasteiger partial charge in [0.15, 0.2) is 0 Å². The summed E-state index contributed by atoms with van der Waals surface area (Å²) in [6.07, 6.45) is 31.4. The van der Waals surface area contributed by atoms with Crippen LogP contribution in [0.4, 0.5) is 0 Å². The van der Waals surface area contributed by atoms with E-state index in [0.29, 0.717) is 0 Å². The molecule has 0 spiro atoms. The van der Waals surface area contributed by atoms with Gasteiger partial charge in [-0.2, -0.15) is 0 Å². The van der Waals surface area contributed by atoms with Crippen LogP contribution in [-0.2, 0) is 0 Å². The minimum Gasteiger partial charge on any atom is -0.0917 e. The molecule has 0 N–H and O–H groups in total. The van der Waals surface area contributed by atoms with Crippen LogP contribution in [0.3, 0.4) is 0 Å². The second kappa shape index (κ2) is 12.8. The lowest BCUT2D eigenvalue weighted by atomic mass is 9.75. The van der Waals surface area contributed by atoms with E-state index < -0.39 is 0 Å². The fraction of sp³-hybridized carbons (Fsp3) is 0.840. The first-order chi connectivity index (χ1) is 12.3. The Kier molecular flexibility index (Phi) is 10.6. The fourth-order valence-electron chi connectivity index (χ4n) is 5.31. The Labute approximate surface area is 158 Å². The number of allylic oxidation sites excluding steroid dienone is 4. The summed E-state index contributed by atoms with van der Waals surface area (Å²) in [5.74, 6) is 3.99. The molecular formula is C25H44. The summed E-state index contributed by atoms with van der Waals surface area (Å²) in [7, 11) is 0. The van der Waals surface area contributed by atoms with Crippen molar-refractivity contribution in [3.05, 3.63) is 24.3 Å². The smallest absolute Gasteiger partial charge is 0.0205 e. The largest absolute Gasteiger partial charge is 0.0917 e. The zero-order chi connectivity index (χ0) is 17.7. The molecule has 0 saturated heterocycles. The molecule has 2 saturated carbocycles. The highest BCUT2D eigenvalue weighted by molar-refractivity contribution is 4.93. The van der Waals surface area contributed by atoms with Gasteiger partial charge in [0.05, 0.1) is 0 Å². The van der Waals surface area contributed by atoms with Gasteiger partial charge in [0, 0.05) is 0 Å². The normalized spacial score (nSPS) is 31.1. The molecule has 0 amide bonds. The van der Waals surface area contributed by atoms with E-state index in [4.69, 9.17) is 0 Å². The maximum absolute atomic E-state index is 2.55. The van der Waals surface area contributed by atoms with Crippen LogP contribution >= 0.6 is 0 Å². The molecule has 2 unspecified atom stereocenters. The van der Waals surface area contributed by atoms with Crippen LogP contribution < -0.4 is 0 Å². The molecule has 0 aromatic carbocycles. The first kappa shape index (κ1) is 20.8. The molecule has 25 heavy (non-hydrogen) atoms. The molecule has 0 bridgehead atoms. The zero-order valence-electron chi connectivity index (χ0n) is 17.2. The molecule has 144 valence electrons. The van der Waals surface area contributed by atoms with E-state index in [1.165, 1.54) is 96.3 Å². The van der Waals surface area contributed by atoms with Crippen molar-refractivity contribution in [2.24, 2.45) is 23.7 Å². The number of hydrogen-bond donors (Lipinski definition) is 0. The molecule has 0 heteroatoms. The highest BCUT2D eigenvalue weighted by Crippen LogP contribution is 2.37. The van der Waals surface area contributed by atoms with Crippen molar-refractivity contribution in [3.63, 3.8) is 0 Å². The van der Waals surface area contributed by atoms with Gasteiger partial charge in [0.1, 0.15) is 0 Å². The average Bonchev–Trinajstić information content (AvgIpc) is 2.65. The second-order valence-electron chi connectivity index (χ2n) is 8.86. The van der Waals surface area contributed by atoms with Gasteiger partial charge >= 0.3 is 0 Å². The molecule has 0 radical (unpaired) electrons. The second-order valence-corrected chi connectivity index (χ2v) is 8.86. The van der Waals surface area contributed by atoms with Crippen LogP contribution in [0.2, 0.25) is 0 Å². The van der Waals surface area contributed by atoms with E-state index in [1.54, 1.807) is 0 Å². The van der Waals surface area contributed by atoms with Crippen LogP contribution in [0.5, 0.6) is 0 Å². The summed E-state index contributed by atoms with van der Waals surface area (Å²) in [6, 6.07) is 0. The number of unbranched alkanes of at least 4 members (excludes halogenated alkanes) is 1. The number of hydrogen-bond acceptors (Lipinski definition) is 0. The molecule has 0 heterocycles. The van der Waals surface area contributed by atoms with Crippen LogP contribution in [0.1, 0.15) is 110 Å². The highest BCUT2D eigenvalue weighted by Gasteiger charge is 2.23. The van der Waals surface area contributed by atoms with Crippen molar-refractivity contribution in [1.29, 1.82) is 0 Å². The van der Waals surface area contributed by atoms with Gasteiger partial charge < -0.3 is 0 Å². The lowest BCUT2D eigenvalue weighted by Gasteiger charge is -2.30. The Morgan fingerprint density at radius 3 is 2.16 bits per heavy atom. The summed E-state index contributed by atoms with van der Waals surface area (Å²) in [4.78, 5) is 0. The predicted octanol–water partition coefficient (Wildman–Crippen LogP) is 8.48. The van der Waals surface area contributed by atoms with Gasteiger partial charge in [-0.25, -0.2) is 0 Å². The average molecular weight is 345 g/mol. The lowest BCUT2D eigenvalue weighted by Crippen LogP contribution is -2.18. The van der Waals surface area contributed by atoms with Gasteiger partial charge in [-0.1, -0.05) is 89.0 Å². The van der Waals surface area contributed by atoms with Gasteiger partial charge in [0.2, 0.25) is 0 Å². The van der Waals surface area contributed by atoms with Crippen LogP contribution in [-0.4, -0.2) is 0 Å². The minimum absolute atomic E-state index is 0.904. The van der Waals surface area contributed by atoms with E-state index in [9.17, 15) is 0 Å². The highest BCUT2D eigenvalue weighted by atomic mass is 14.3. The van der Waals surface area contributed by atoms with Crippen LogP contribution in [0.15, 0.2) is 24.3 Å². The molecule has 0 aliphatic heterocycles. The van der Waals surface area contributed by atoms with Crippen LogP contribution in [0.25, 0.3) is 0 Å². The van der Waals surface area contributed by atoms with E-state index in [2.05, 4.69) is 38.2 Å². The molecular weight excluding hydrogens is 300 g/mol. The molecule has 0 aromatic heterocycles. The van der Waals surface area contributed by atoms with E-state index >= 15 is 0 Å². The zero-order valence-corrected chi connectivity index (χ0v) is 17.2. The Balaban J connectivity index is 1.56. The molecule has 2 aliphatic carbocycles. The number of rotatable bonds is 10. The predicted molar refractivity (Wildman–Crippen MR) is 113 cm³/mol. The third-order valence-corrected chi connectivity index (χ3v) is 6.97. The van der Waals surface area contributed by atoms with Crippen molar-refractivity contribution in [2.45, 2.75) is 110 Å². The Bertz CT molecular complexity index is 369. The van der Waals surface area contributed by atoms with Crippen molar-refractivity contribution in [3.8, 4) is 0 Å². The first-order valence-corrected chi connectivity index (χ1v) is 11.6. The van der Waals surface area contributed by atoms with Crippen LogP contribution in [0, 0.1) is 23.7 Å². The third kappa shape index (κ3) is 8.14. The molecule has 2 fully saturated rings. The molecule has 2 rings (SSSR count). The van der Waals surface area contributed by atoms with Gasteiger partial charge in [-0.3, -0.25) is 0 Å². The molecule has 0 aromatic rings. The summed E-state index contributed by atoms with van der Waals surface area (Å²) in [5, 5.41) is 0. The van der Waals surface area contributed by atoms with Crippen molar-refractivity contribution in [2.75, 3.05) is 0 Å². The monoisotopic (exact) mass is 344 g/mol. The maximum Gasteiger partial charge on any atom is -0.0205 e. The van der Waals surface area contributed by atoms with Crippen molar-refractivity contribution >= 4 is 0 Å². The van der Waals surface area contributed by atoms with E-state index in [-0.39, 0.29) is 0 Å². The molecule has 2 aliphatic rings. The fourth-order valence-corrected chi connectivity index (χ4v) is 5.31. The third-order valence-electron chi connectivity index (χ3n) is 6.97. The quantitative estimate of drug-likeness (QED) is 0.275. The van der Waals surface area contributed by atoms with E-state index in [0.717, 1.165) is 23.7 Å². The summed E-state index contributed by atoms with van der Waals surface area (Å²) in [5.41, 5.74) is 0. The topological polar surface area (TPSA) is 0 Å². The van der Waals surface area contributed by atoms with Crippen molar-refractivity contribution in [1.82, 2.24) is 0 Å². The van der Waals surface area contributed by atoms with Gasteiger partial charge in [0.25, 0.3) is 0 Å². The lowest BCUT2D eigenvalue weighted by molar-refractivity contribution is 0.237. The summed E-state index contributed by atoms with van der Waals surface area (Å²) >= 11 is 0. The standard InChI is InChI=1S/C25H44/c1-3-5-7-12-22-18-20-23(21-19-22)13-8-9-15-25-17-11-10-16-24(25)14-6-4-2/h3,5-6,14,22-25H,4,7-13,15-21H2,1-2H3. The molecule has 2 atom stereocenters.